The minimum atomic E-state index is -0.0856. The van der Waals surface area contributed by atoms with Crippen LogP contribution in [0.3, 0.4) is 0 Å². The molecule has 1 aromatic rings. The number of hydrogen-bond acceptors (Lipinski definition) is 2. The molecule has 2 aliphatic heterocycles. The number of amides is 3. The molecule has 3 amide bonds. The fraction of sp³-hybridized carbons (Fsp3) is 0.520. The first kappa shape index (κ1) is 20.7. The molecule has 2 heterocycles. The van der Waals surface area contributed by atoms with Crippen molar-refractivity contribution in [2.75, 3.05) is 31.5 Å². The van der Waals surface area contributed by atoms with Gasteiger partial charge in [-0.05, 0) is 63.5 Å². The number of likely N-dealkylation sites (tertiary alicyclic amines) is 2. The average molecular weight is 408 g/mol. The molecular formula is C25H33N3O2. The summed E-state index contributed by atoms with van der Waals surface area (Å²) in [5.41, 5.74) is 4.50. The Bertz CT molecular complexity index is 894. The van der Waals surface area contributed by atoms with E-state index in [1.54, 1.807) is 0 Å². The summed E-state index contributed by atoms with van der Waals surface area (Å²) in [4.78, 5) is 29.8. The number of nitrogens with one attached hydrogen (secondary N) is 1. The van der Waals surface area contributed by atoms with E-state index in [-0.39, 0.29) is 23.3 Å². The minimum absolute atomic E-state index is 0.0177. The van der Waals surface area contributed by atoms with Crippen LogP contribution < -0.4 is 5.32 Å². The number of carbonyl (C=O) groups excluding carboxylic acids is 2. The zero-order valence-electron chi connectivity index (χ0n) is 18.4. The Morgan fingerprint density at radius 2 is 1.73 bits per heavy atom. The van der Waals surface area contributed by atoms with Crippen LogP contribution in [0.5, 0.6) is 0 Å². The molecule has 1 aromatic carbocycles. The molecule has 3 aliphatic rings. The van der Waals surface area contributed by atoms with E-state index in [1.165, 1.54) is 11.1 Å². The summed E-state index contributed by atoms with van der Waals surface area (Å²) < 4.78 is 0. The molecule has 5 nitrogen and oxygen atoms in total. The van der Waals surface area contributed by atoms with Gasteiger partial charge in [0, 0.05) is 31.9 Å². The molecule has 30 heavy (non-hydrogen) atoms. The number of allylic oxidation sites excluding steroid dienone is 2. The Labute approximate surface area is 179 Å². The molecule has 0 radical (unpaired) electrons. The third-order valence-electron chi connectivity index (χ3n) is 7.15. The largest absolute Gasteiger partial charge is 0.341 e. The molecule has 4 rings (SSSR count). The van der Waals surface area contributed by atoms with Crippen LogP contribution in [0.15, 0.2) is 42.0 Å². The van der Waals surface area contributed by atoms with Crippen LogP contribution in [0.2, 0.25) is 0 Å². The van der Waals surface area contributed by atoms with Crippen molar-refractivity contribution in [3.63, 3.8) is 0 Å². The van der Waals surface area contributed by atoms with Crippen molar-refractivity contribution in [3.05, 3.63) is 53.1 Å². The van der Waals surface area contributed by atoms with Crippen molar-refractivity contribution in [1.29, 1.82) is 0 Å². The van der Waals surface area contributed by atoms with E-state index >= 15 is 0 Å². The van der Waals surface area contributed by atoms with Crippen molar-refractivity contribution >= 4 is 17.6 Å². The zero-order chi connectivity index (χ0) is 21.3. The first-order valence-corrected chi connectivity index (χ1v) is 11.1. The van der Waals surface area contributed by atoms with Gasteiger partial charge in [-0.2, -0.15) is 0 Å². The van der Waals surface area contributed by atoms with Gasteiger partial charge in [0.2, 0.25) is 5.91 Å². The van der Waals surface area contributed by atoms with E-state index in [1.807, 2.05) is 24.0 Å². The summed E-state index contributed by atoms with van der Waals surface area (Å²) in [5, 5.41) is 3.07. The fourth-order valence-corrected chi connectivity index (χ4v) is 5.08. The maximum Gasteiger partial charge on any atom is 0.321 e. The Morgan fingerprint density at radius 3 is 2.40 bits per heavy atom. The monoisotopic (exact) mass is 407 g/mol. The van der Waals surface area contributed by atoms with Gasteiger partial charge in [0.05, 0.1) is 5.92 Å². The molecule has 1 aliphatic carbocycles. The molecule has 1 spiro atoms. The second-order valence-corrected chi connectivity index (χ2v) is 9.34. The molecule has 1 atom stereocenters. The van der Waals surface area contributed by atoms with E-state index in [0.29, 0.717) is 0 Å². The number of aryl methyl sites for hydroxylation is 2. The van der Waals surface area contributed by atoms with Crippen molar-refractivity contribution in [2.24, 2.45) is 11.3 Å². The van der Waals surface area contributed by atoms with Crippen molar-refractivity contribution in [2.45, 2.75) is 46.5 Å². The number of hydrogen-bond donors (Lipinski definition) is 1. The van der Waals surface area contributed by atoms with Crippen molar-refractivity contribution < 1.29 is 9.59 Å². The van der Waals surface area contributed by atoms with Gasteiger partial charge >= 0.3 is 6.03 Å². The van der Waals surface area contributed by atoms with Gasteiger partial charge in [0.25, 0.3) is 0 Å². The number of urea groups is 1. The topological polar surface area (TPSA) is 52.7 Å². The SMILES string of the molecule is CC1=CCC=CC1C(=O)N1CCC2(CCN(C(=O)Nc3ccc(C)cc3C)CC2)C1. The lowest BCUT2D eigenvalue weighted by Gasteiger charge is -2.39. The molecule has 0 bridgehead atoms. The summed E-state index contributed by atoms with van der Waals surface area (Å²) in [5.74, 6) is 0.157. The van der Waals surface area contributed by atoms with Gasteiger partial charge in [0.15, 0.2) is 0 Å². The van der Waals surface area contributed by atoms with E-state index in [2.05, 4.69) is 48.4 Å². The second kappa shape index (κ2) is 8.29. The lowest BCUT2D eigenvalue weighted by molar-refractivity contribution is -0.132. The third-order valence-corrected chi connectivity index (χ3v) is 7.15. The van der Waals surface area contributed by atoms with Crippen LogP contribution >= 0.6 is 0 Å². The van der Waals surface area contributed by atoms with Gasteiger partial charge in [-0.3, -0.25) is 4.79 Å². The molecule has 2 fully saturated rings. The molecule has 5 heteroatoms. The Kier molecular flexibility index (Phi) is 5.72. The standard InChI is InChI=1S/C25H33N3O2/c1-18-8-9-22(20(3)16-18)26-24(30)27-13-10-25(11-14-27)12-15-28(17-25)23(29)21-7-5-4-6-19(21)2/h5-9,16,21H,4,10-15,17H2,1-3H3,(H,26,30). The number of nitrogens with zero attached hydrogens (tertiary/aromatic N) is 2. The van der Waals surface area contributed by atoms with Crippen LogP contribution in [-0.4, -0.2) is 47.9 Å². The molecule has 1 unspecified atom stereocenters. The summed E-state index contributed by atoms with van der Waals surface area (Å²) >= 11 is 0. The summed E-state index contributed by atoms with van der Waals surface area (Å²) in [6.45, 7) is 9.31. The van der Waals surface area contributed by atoms with Crippen LogP contribution in [0.25, 0.3) is 0 Å². The first-order chi connectivity index (χ1) is 14.4. The zero-order valence-corrected chi connectivity index (χ0v) is 18.4. The normalized spacial score (nSPS) is 22.9. The highest BCUT2D eigenvalue weighted by molar-refractivity contribution is 5.90. The van der Waals surface area contributed by atoms with Gasteiger partial charge in [0.1, 0.15) is 0 Å². The Hall–Kier alpha value is -2.56. The Balaban J connectivity index is 1.32. The molecule has 2 saturated heterocycles. The van der Waals surface area contributed by atoms with Crippen LogP contribution in [0.1, 0.15) is 43.7 Å². The number of rotatable bonds is 2. The molecule has 0 aromatic heterocycles. The molecular weight excluding hydrogens is 374 g/mol. The van der Waals surface area contributed by atoms with E-state index in [0.717, 1.165) is 63.1 Å². The van der Waals surface area contributed by atoms with E-state index < -0.39 is 0 Å². The van der Waals surface area contributed by atoms with Gasteiger partial charge in [-0.25, -0.2) is 4.79 Å². The van der Waals surface area contributed by atoms with Gasteiger partial charge in [-0.1, -0.05) is 41.5 Å². The Morgan fingerprint density at radius 1 is 1.03 bits per heavy atom. The van der Waals surface area contributed by atoms with Crippen molar-refractivity contribution in [3.8, 4) is 0 Å². The van der Waals surface area contributed by atoms with Gasteiger partial charge in [-0.15, -0.1) is 0 Å². The van der Waals surface area contributed by atoms with Gasteiger partial charge < -0.3 is 15.1 Å². The number of piperidine rings is 1. The summed E-state index contributed by atoms with van der Waals surface area (Å²) in [6.07, 6.45) is 10.2. The lowest BCUT2D eigenvalue weighted by atomic mass is 9.78. The van der Waals surface area contributed by atoms with E-state index in [4.69, 9.17) is 0 Å². The average Bonchev–Trinajstić information content (AvgIpc) is 3.14. The number of carbonyl (C=O) groups is 2. The maximum atomic E-state index is 13.0. The summed E-state index contributed by atoms with van der Waals surface area (Å²) in [6, 6.07) is 6.07. The molecule has 160 valence electrons. The van der Waals surface area contributed by atoms with E-state index in [9.17, 15) is 9.59 Å². The summed E-state index contributed by atoms with van der Waals surface area (Å²) in [7, 11) is 0. The smallest absolute Gasteiger partial charge is 0.321 e. The fourth-order valence-electron chi connectivity index (χ4n) is 5.08. The first-order valence-electron chi connectivity index (χ1n) is 11.1. The quantitative estimate of drug-likeness (QED) is 0.724. The number of anilines is 1. The predicted molar refractivity (Wildman–Crippen MR) is 120 cm³/mol. The van der Waals surface area contributed by atoms with Crippen LogP contribution in [0.4, 0.5) is 10.5 Å². The highest BCUT2D eigenvalue weighted by Gasteiger charge is 2.43. The maximum absolute atomic E-state index is 13.0. The predicted octanol–water partition coefficient (Wildman–Crippen LogP) is 4.67. The third kappa shape index (κ3) is 4.16. The molecule has 0 saturated carbocycles. The molecule has 1 N–H and O–H groups in total. The minimum Gasteiger partial charge on any atom is -0.341 e. The highest BCUT2D eigenvalue weighted by atomic mass is 16.2. The second-order valence-electron chi connectivity index (χ2n) is 9.34. The van der Waals surface area contributed by atoms with Crippen LogP contribution in [0, 0.1) is 25.2 Å². The lowest BCUT2D eigenvalue weighted by Crippen LogP contribution is -2.46. The number of benzene rings is 1. The van der Waals surface area contributed by atoms with Crippen LogP contribution in [-0.2, 0) is 4.79 Å². The van der Waals surface area contributed by atoms with Crippen molar-refractivity contribution in [1.82, 2.24) is 9.80 Å². The highest BCUT2D eigenvalue weighted by Crippen LogP contribution is 2.41.